The second-order valence-corrected chi connectivity index (χ2v) is 4.99. The van der Waals surface area contributed by atoms with E-state index >= 15 is 0 Å². The van der Waals surface area contributed by atoms with Crippen molar-refractivity contribution < 1.29 is 0 Å². The molecule has 1 fully saturated rings. The van der Waals surface area contributed by atoms with E-state index in [1.165, 1.54) is 25.1 Å². The zero-order chi connectivity index (χ0) is 12.4. The monoisotopic (exact) mass is 242 g/mol. The number of likely N-dealkylation sites (N-methyl/N-ethyl adjacent to an activating group) is 1. The number of likely N-dealkylation sites (tertiary alicyclic amines) is 1. The van der Waals surface area contributed by atoms with Crippen LogP contribution in [0.25, 0.3) is 5.82 Å². The highest BCUT2D eigenvalue weighted by Crippen LogP contribution is 2.25. The third-order valence-electron chi connectivity index (χ3n) is 3.57. The minimum absolute atomic E-state index is 0.562. The van der Waals surface area contributed by atoms with Crippen LogP contribution in [0.15, 0.2) is 36.9 Å². The predicted octanol–water partition coefficient (Wildman–Crippen LogP) is 2.08. The van der Waals surface area contributed by atoms with Gasteiger partial charge < -0.3 is 4.90 Å². The van der Waals surface area contributed by atoms with Crippen molar-refractivity contribution in [2.45, 2.75) is 18.8 Å². The number of aromatic nitrogens is 3. The van der Waals surface area contributed by atoms with Crippen molar-refractivity contribution in [2.75, 3.05) is 20.1 Å². The molecule has 4 heteroatoms. The van der Waals surface area contributed by atoms with Crippen molar-refractivity contribution in [3.8, 4) is 5.82 Å². The highest BCUT2D eigenvalue weighted by atomic mass is 15.1. The number of pyridine rings is 1. The lowest BCUT2D eigenvalue weighted by Crippen LogP contribution is -2.31. The predicted molar refractivity (Wildman–Crippen MR) is 70.8 cm³/mol. The Labute approximate surface area is 107 Å². The van der Waals surface area contributed by atoms with Gasteiger partial charge in [-0.1, -0.05) is 6.07 Å². The molecule has 0 saturated carbocycles. The average Bonchev–Trinajstić information content (AvgIpc) is 2.93. The fourth-order valence-electron chi connectivity index (χ4n) is 2.61. The van der Waals surface area contributed by atoms with Gasteiger partial charge in [-0.2, -0.15) is 0 Å². The van der Waals surface area contributed by atoms with Gasteiger partial charge in [0.1, 0.15) is 12.1 Å². The maximum atomic E-state index is 4.77. The summed E-state index contributed by atoms with van der Waals surface area (Å²) in [6, 6.07) is 6.26. The van der Waals surface area contributed by atoms with E-state index in [1.807, 2.05) is 16.8 Å². The zero-order valence-electron chi connectivity index (χ0n) is 10.7. The van der Waals surface area contributed by atoms with Crippen LogP contribution in [0.4, 0.5) is 0 Å². The summed E-state index contributed by atoms with van der Waals surface area (Å²) in [5.74, 6) is 1.52. The summed E-state index contributed by atoms with van der Waals surface area (Å²) < 4.78 is 1.95. The largest absolute Gasteiger partial charge is 0.306 e. The van der Waals surface area contributed by atoms with Crippen LogP contribution < -0.4 is 0 Å². The Hall–Kier alpha value is -1.68. The molecular formula is C14H18N4. The van der Waals surface area contributed by atoms with Crippen molar-refractivity contribution in [3.63, 3.8) is 0 Å². The van der Waals surface area contributed by atoms with Gasteiger partial charge in [-0.05, 0) is 38.6 Å². The highest BCUT2D eigenvalue weighted by Gasteiger charge is 2.20. The maximum absolute atomic E-state index is 4.77. The van der Waals surface area contributed by atoms with Gasteiger partial charge in [-0.15, -0.1) is 0 Å². The summed E-state index contributed by atoms with van der Waals surface area (Å²) in [6.07, 6.45) is 8.00. The van der Waals surface area contributed by atoms with Gasteiger partial charge in [-0.3, -0.25) is 4.57 Å². The molecule has 0 unspecified atom stereocenters. The summed E-state index contributed by atoms with van der Waals surface area (Å²) >= 11 is 0. The van der Waals surface area contributed by atoms with Crippen molar-refractivity contribution in [1.82, 2.24) is 19.4 Å². The van der Waals surface area contributed by atoms with Gasteiger partial charge in [0.2, 0.25) is 0 Å². The summed E-state index contributed by atoms with van der Waals surface area (Å²) in [5, 5.41) is 0. The Morgan fingerprint density at radius 2 is 2.28 bits per heavy atom. The van der Waals surface area contributed by atoms with E-state index < -0.39 is 0 Å². The molecule has 3 heterocycles. The van der Waals surface area contributed by atoms with Crippen LogP contribution in [-0.4, -0.2) is 39.6 Å². The smallest absolute Gasteiger partial charge is 0.138 e. The molecule has 1 saturated heterocycles. The first-order chi connectivity index (χ1) is 8.83. The Kier molecular flexibility index (Phi) is 3.11. The number of rotatable bonds is 2. The minimum Gasteiger partial charge on any atom is -0.306 e. The fourth-order valence-corrected chi connectivity index (χ4v) is 2.61. The first kappa shape index (κ1) is 11.4. The lowest BCUT2D eigenvalue weighted by Gasteiger charge is -2.29. The lowest BCUT2D eigenvalue weighted by atomic mass is 9.95. The Morgan fingerprint density at radius 1 is 1.33 bits per heavy atom. The standard InChI is InChI=1S/C14H18N4/c1-17-8-3-4-12(10-17)13-5-2-6-14(16-13)18-9-7-15-11-18/h2,5-7,9,11-12H,3-4,8,10H2,1H3/t12-/m1/s1. The van der Waals surface area contributed by atoms with Crippen LogP contribution in [0.3, 0.4) is 0 Å². The van der Waals surface area contributed by atoms with Gasteiger partial charge in [0.15, 0.2) is 0 Å². The molecule has 0 amide bonds. The topological polar surface area (TPSA) is 34.0 Å². The fraction of sp³-hybridized carbons (Fsp3) is 0.429. The lowest BCUT2D eigenvalue weighted by molar-refractivity contribution is 0.248. The molecule has 0 radical (unpaired) electrons. The molecular weight excluding hydrogens is 224 g/mol. The van der Waals surface area contributed by atoms with Crippen LogP contribution in [-0.2, 0) is 0 Å². The number of piperidine rings is 1. The molecule has 1 aliphatic rings. The molecule has 0 spiro atoms. The number of nitrogens with zero attached hydrogens (tertiary/aromatic N) is 4. The van der Waals surface area contributed by atoms with E-state index in [1.54, 1.807) is 12.5 Å². The molecule has 0 aliphatic carbocycles. The average molecular weight is 242 g/mol. The van der Waals surface area contributed by atoms with Crippen molar-refractivity contribution >= 4 is 0 Å². The van der Waals surface area contributed by atoms with E-state index in [9.17, 15) is 0 Å². The molecule has 3 rings (SSSR count). The number of imidazole rings is 1. The molecule has 4 nitrogen and oxygen atoms in total. The van der Waals surface area contributed by atoms with Gasteiger partial charge in [0.25, 0.3) is 0 Å². The SMILES string of the molecule is CN1CCC[C@@H](c2cccc(-n3ccnc3)n2)C1. The van der Waals surface area contributed by atoms with E-state index in [0.29, 0.717) is 5.92 Å². The normalized spacial score (nSPS) is 21.1. The van der Waals surface area contributed by atoms with Gasteiger partial charge in [-0.25, -0.2) is 9.97 Å². The highest BCUT2D eigenvalue weighted by molar-refractivity contribution is 5.26. The van der Waals surface area contributed by atoms with Crippen molar-refractivity contribution in [1.29, 1.82) is 0 Å². The van der Waals surface area contributed by atoms with E-state index in [0.717, 1.165) is 12.4 Å². The number of hydrogen-bond acceptors (Lipinski definition) is 3. The maximum Gasteiger partial charge on any atom is 0.138 e. The van der Waals surface area contributed by atoms with Crippen molar-refractivity contribution in [2.24, 2.45) is 0 Å². The van der Waals surface area contributed by atoms with Crippen LogP contribution in [0.1, 0.15) is 24.5 Å². The van der Waals surface area contributed by atoms with E-state index in [2.05, 4.69) is 29.1 Å². The van der Waals surface area contributed by atoms with Crippen LogP contribution in [0, 0.1) is 0 Å². The molecule has 2 aromatic rings. The van der Waals surface area contributed by atoms with E-state index in [-0.39, 0.29) is 0 Å². The molecule has 18 heavy (non-hydrogen) atoms. The first-order valence-electron chi connectivity index (χ1n) is 6.47. The quantitative estimate of drug-likeness (QED) is 0.808. The Morgan fingerprint density at radius 3 is 3.06 bits per heavy atom. The van der Waals surface area contributed by atoms with Gasteiger partial charge in [0.05, 0.1) is 0 Å². The molecule has 94 valence electrons. The van der Waals surface area contributed by atoms with Crippen LogP contribution in [0.2, 0.25) is 0 Å². The molecule has 0 N–H and O–H groups in total. The summed E-state index contributed by atoms with van der Waals surface area (Å²) in [6.45, 7) is 2.32. The first-order valence-corrected chi connectivity index (χ1v) is 6.47. The Bertz CT molecular complexity index is 506. The van der Waals surface area contributed by atoms with Crippen LogP contribution >= 0.6 is 0 Å². The molecule has 1 atom stereocenters. The number of hydrogen-bond donors (Lipinski definition) is 0. The minimum atomic E-state index is 0.562. The van der Waals surface area contributed by atoms with Gasteiger partial charge >= 0.3 is 0 Å². The second-order valence-electron chi connectivity index (χ2n) is 4.99. The summed E-state index contributed by atoms with van der Waals surface area (Å²) in [4.78, 5) is 11.2. The van der Waals surface area contributed by atoms with Gasteiger partial charge in [0, 0.05) is 30.6 Å². The third-order valence-corrected chi connectivity index (χ3v) is 3.57. The second kappa shape index (κ2) is 4.90. The van der Waals surface area contributed by atoms with Crippen molar-refractivity contribution in [3.05, 3.63) is 42.6 Å². The Balaban J connectivity index is 1.86. The van der Waals surface area contributed by atoms with E-state index in [4.69, 9.17) is 4.98 Å². The summed E-state index contributed by atoms with van der Waals surface area (Å²) in [7, 11) is 2.19. The molecule has 0 bridgehead atoms. The third kappa shape index (κ3) is 2.29. The summed E-state index contributed by atoms with van der Waals surface area (Å²) in [5.41, 5.74) is 1.20. The molecule has 2 aromatic heterocycles. The molecule has 0 aromatic carbocycles. The molecule has 1 aliphatic heterocycles. The van der Waals surface area contributed by atoms with Crippen LogP contribution in [0.5, 0.6) is 0 Å². The zero-order valence-corrected chi connectivity index (χ0v) is 10.7.